The van der Waals surface area contributed by atoms with Crippen LogP contribution in [-0.4, -0.2) is 51.3 Å². The molecule has 0 unspecified atom stereocenters. The first-order valence-electron chi connectivity index (χ1n) is 8.46. The van der Waals surface area contributed by atoms with Crippen LogP contribution in [0.2, 0.25) is 5.02 Å². The van der Waals surface area contributed by atoms with Crippen molar-refractivity contribution >= 4 is 17.5 Å². The van der Waals surface area contributed by atoms with E-state index in [1.807, 2.05) is 30.3 Å². The van der Waals surface area contributed by atoms with E-state index in [-0.39, 0.29) is 5.82 Å². The summed E-state index contributed by atoms with van der Waals surface area (Å²) < 4.78 is 15.7. The lowest BCUT2D eigenvalue weighted by Crippen LogP contribution is -2.47. The molecule has 1 aromatic heterocycles. The van der Waals surface area contributed by atoms with Gasteiger partial charge in [-0.2, -0.15) is 4.68 Å². The predicted octanol–water partition coefficient (Wildman–Crippen LogP) is 2.78. The van der Waals surface area contributed by atoms with Crippen molar-refractivity contribution in [2.75, 3.05) is 31.1 Å². The third-order valence-corrected chi connectivity index (χ3v) is 4.91. The second kappa shape index (κ2) is 7.39. The lowest BCUT2D eigenvalue weighted by atomic mass is 10.2. The Morgan fingerprint density at radius 2 is 1.73 bits per heavy atom. The van der Waals surface area contributed by atoms with Gasteiger partial charge in [-0.05, 0) is 34.7 Å². The first-order valence-corrected chi connectivity index (χ1v) is 8.84. The standard InChI is InChI=1S/C18H18ClFN6/c19-16-7-4-8-17(20)15(16)13-24-9-11-25(12-10-24)18-21-22-23-26(18)14-5-2-1-3-6-14/h1-8H,9-13H2. The summed E-state index contributed by atoms with van der Waals surface area (Å²) in [6.07, 6.45) is 0. The lowest BCUT2D eigenvalue weighted by Gasteiger charge is -2.34. The molecule has 1 saturated heterocycles. The number of benzene rings is 2. The Kier molecular flexibility index (Phi) is 4.81. The maximum absolute atomic E-state index is 14.0. The van der Waals surface area contributed by atoms with Gasteiger partial charge in [0.25, 0.3) is 0 Å². The van der Waals surface area contributed by atoms with Crippen LogP contribution in [0.15, 0.2) is 48.5 Å². The van der Waals surface area contributed by atoms with Gasteiger partial charge in [-0.25, -0.2) is 4.39 Å². The van der Waals surface area contributed by atoms with Crippen LogP contribution >= 0.6 is 11.6 Å². The van der Waals surface area contributed by atoms with Gasteiger partial charge in [0.15, 0.2) is 0 Å². The topological polar surface area (TPSA) is 50.1 Å². The van der Waals surface area contributed by atoms with E-state index in [1.54, 1.807) is 16.8 Å². The summed E-state index contributed by atoms with van der Waals surface area (Å²) in [5, 5.41) is 12.6. The van der Waals surface area contributed by atoms with E-state index in [1.165, 1.54) is 6.07 Å². The first kappa shape index (κ1) is 16.9. The van der Waals surface area contributed by atoms with Gasteiger partial charge in [0.2, 0.25) is 5.95 Å². The lowest BCUT2D eigenvalue weighted by molar-refractivity contribution is 0.245. The fourth-order valence-electron chi connectivity index (χ4n) is 3.13. The molecule has 2 aromatic carbocycles. The van der Waals surface area contributed by atoms with E-state index < -0.39 is 0 Å². The minimum Gasteiger partial charge on any atom is -0.337 e. The molecule has 2 heterocycles. The molecule has 0 spiro atoms. The first-order chi connectivity index (χ1) is 12.7. The highest BCUT2D eigenvalue weighted by Crippen LogP contribution is 2.22. The van der Waals surface area contributed by atoms with Crippen LogP contribution in [0.3, 0.4) is 0 Å². The molecule has 1 aliphatic rings. The SMILES string of the molecule is Fc1cccc(Cl)c1CN1CCN(c2nnnn2-c2ccccc2)CC1. The Labute approximate surface area is 155 Å². The van der Waals surface area contributed by atoms with E-state index in [2.05, 4.69) is 25.3 Å². The maximum atomic E-state index is 14.0. The van der Waals surface area contributed by atoms with E-state index >= 15 is 0 Å². The van der Waals surface area contributed by atoms with E-state index in [0.29, 0.717) is 17.1 Å². The highest BCUT2D eigenvalue weighted by atomic mass is 35.5. The third kappa shape index (κ3) is 3.40. The molecule has 134 valence electrons. The molecule has 0 aliphatic carbocycles. The van der Waals surface area contributed by atoms with Crippen molar-refractivity contribution in [3.8, 4) is 5.69 Å². The molecular weight excluding hydrogens is 355 g/mol. The molecule has 0 radical (unpaired) electrons. The highest BCUT2D eigenvalue weighted by molar-refractivity contribution is 6.31. The zero-order valence-electron chi connectivity index (χ0n) is 14.1. The summed E-state index contributed by atoms with van der Waals surface area (Å²) >= 11 is 6.14. The molecule has 4 rings (SSSR count). The fraction of sp³-hybridized carbons (Fsp3) is 0.278. The number of tetrazole rings is 1. The number of halogens is 2. The van der Waals surface area contributed by atoms with Crippen molar-refractivity contribution in [2.45, 2.75) is 6.54 Å². The van der Waals surface area contributed by atoms with Gasteiger partial charge < -0.3 is 4.90 Å². The zero-order chi connectivity index (χ0) is 17.9. The van der Waals surface area contributed by atoms with Crippen LogP contribution in [0.4, 0.5) is 10.3 Å². The molecule has 0 amide bonds. The average molecular weight is 373 g/mol. The number of para-hydroxylation sites is 1. The van der Waals surface area contributed by atoms with Gasteiger partial charge in [-0.3, -0.25) is 4.90 Å². The monoisotopic (exact) mass is 372 g/mol. The van der Waals surface area contributed by atoms with Crippen molar-refractivity contribution in [3.63, 3.8) is 0 Å². The fourth-order valence-corrected chi connectivity index (χ4v) is 3.35. The van der Waals surface area contributed by atoms with Gasteiger partial charge in [0.05, 0.1) is 5.69 Å². The Morgan fingerprint density at radius 3 is 2.46 bits per heavy atom. The molecule has 0 saturated carbocycles. The van der Waals surface area contributed by atoms with Crippen LogP contribution in [0.25, 0.3) is 5.69 Å². The average Bonchev–Trinajstić information content (AvgIpc) is 3.16. The predicted molar refractivity (Wildman–Crippen MR) is 98.1 cm³/mol. The number of aromatic nitrogens is 4. The minimum atomic E-state index is -0.257. The highest BCUT2D eigenvalue weighted by Gasteiger charge is 2.23. The molecule has 1 aliphatic heterocycles. The number of nitrogens with zero attached hydrogens (tertiary/aromatic N) is 6. The second-order valence-corrected chi connectivity index (χ2v) is 6.60. The molecule has 0 bridgehead atoms. The molecule has 26 heavy (non-hydrogen) atoms. The zero-order valence-corrected chi connectivity index (χ0v) is 14.8. The van der Waals surface area contributed by atoms with Crippen LogP contribution in [-0.2, 0) is 6.54 Å². The molecule has 1 fully saturated rings. The number of anilines is 1. The maximum Gasteiger partial charge on any atom is 0.250 e. The molecule has 0 N–H and O–H groups in total. The summed E-state index contributed by atoms with van der Waals surface area (Å²) in [6, 6.07) is 14.6. The van der Waals surface area contributed by atoms with E-state index in [0.717, 1.165) is 37.8 Å². The van der Waals surface area contributed by atoms with Gasteiger partial charge >= 0.3 is 0 Å². The van der Waals surface area contributed by atoms with Crippen LogP contribution < -0.4 is 4.90 Å². The van der Waals surface area contributed by atoms with Crippen molar-refractivity contribution in [2.24, 2.45) is 0 Å². The van der Waals surface area contributed by atoms with Gasteiger partial charge in [0.1, 0.15) is 5.82 Å². The van der Waals surface area contributed by atoms with Crippen molar-refractivity contribution < 1.29 is 4.39 Å². The minimum absolute atomic E-state index is 0.257. The molecular formula is C18H18ClFN6. The summed E-state index contributed by atoms with van der Waals surface area (Å²) in [5.74, 6) is 0.465. The van der Waals surface area contributed by atoms with Gasteiger partial charge in [-0.15, -0.1) is 0 Å². The van der Waals surface area contributed by atoms with Crippen LogP contribution in [0.1, 0.15) is 5.56 Å². The molecule has 3 aromatic rings. The van der Waals surface area contributed by atoms with E-state index in [4.69, 9.17) is 11.6 Å². The number of rotatable bonds is 4. The van der Waals surface area contributed by atoms with Crippen LogP contribution in [0.5, 0.6) is 0 Å². The Balaban J connectivity index is 1.44. The molecule has 0 atom stereocenters. The number of hydrogen-bond acceptors (Lipinski definition) is 5. The van der Waals surface area contributed by atoms with Crippen LogP contribution in [0, 0.1) is 5.82 Å². The Morgan fingerprint density at radius 1 is 0.962 bits per heavy atom. The smallest absolute Gasteiger partial charge is 0.250 e. The largest absolute Gasteiger partial charge is 0.337 e. The van der Waals surface area contributed by atoms with Crippen molar-refractivity contribution in [3.05, 3.63) is 64.9 Å². The van der Waals surface area contributed by atoms with Crippen molar-refractivity contribution in [1.82, 2.24) is 25.1 Å². The van der Waals surface area contributed by atoms with E-state index in [9.17, 15) is 4.39 Å². The number of piperazine rings is 1. The number of hydrogen-bond donors (Lipinski definition) is 0. The quantitative estimate of drug-likeness (QED) is 0.705. The summed E-state index contributed by atoms with van der Waals surface area (Å²) in [5.41, 5.74) is 1.48. The Hall–Kier alpha value is -2.51. The summed E-state index contributed by atoms with van der Waals surface area (Å²) in [7, 11) is 0. The summed E-state index contributed by atoms with van der Waals surface area (Å²) in [4.78, 5) is 4.34. The molecule has 8 heteroatoms. The molecule has 6 nitrogen and oxygen atoms in total. The van der Waals surface area contributed by atoms with Gasteiger partial charge in [-0.1, -0.05) is 41.0 Å². The normalized spacial score (nSPS) is 15.4. The van der Waals surface area contributed by atoms with Gasteiger partial charge in [0, 0.05) is 43.3 Å². The summed E-state index contributed by atoms with van der Waals surface area (Å²) in [6.45, 7) is 3.60. The van der Waals surface area contributed by atoms with Crippen molar-refractivity contribution in [1.29, 1.82) is 0 Å². The Bertz CT molecular complexity index is 856. The third-order valence-electron chi connectivity index (χ3n) is 4.55. The second-order valence-electron chi connectivity index (χ2n) is 6.19.